The molecule has 0 aliphatic carbocycles. The summed E-state index contributed by atoms with van der Waals surface area (Å²) in [5.74, 6) is 1.71. The number of nitrogens with zero attached hydrogens (tertiary/aromatic N) is 4. The lowest BCUT2D eigenvalue weighted by molar-refractivity contribution is 0.0336. The molecule has 3 aromatic rings. The fourth-order valence-electron chi connectivity index (χ4n) is 2.88. The molecule has 130 valence electrons. The van der Waals surface area contributed by atoms with Gasteiger partial charge in [0.2, 0.25) is 5.78 Å². The molecule has 8 nitrogen and oxygen atoms in total. The maximum Gasteiger partial charge on any atom is 0.275 e. The molecule has 4 rings (SSSR count). The third-order valence-electron chi connectivity index (χ3n) is 4.23. The van der Waals surface area contributed by atoms with Gasteiger partial charge in [0.25, 0.3) is 5.56 Å². The van der Waals surface area contributed by atoms with Gasteiger partial charge in [0.05, 0.1) is 20.3 Å². The zero-order valence-corrected chi connectivity index (χ0v) is 13.9. The molecule has 0 radical (unpaired) electrons. The fourth-order valence-corrected chi connectivity index (χ4v) is 2.88. The van der Waals surface area contributed by atoms with Gasteiger partial charge in [-0.3, -0.25) is 9.69 Å². The van der Waals surface area contributed by atoms with Crippen molar-refractivity contribution in [2.45, 2.75) is 6.54 Å². The average Bonchev–Trinajstić information content (AvgIpc) is 3.07. The lowest BCUT2D eigenvalue weighted by Crippen LogP contribution is -2.36. The molecule has 1 fully saturated rings. The van der Waals surface area contributed by atoms with E-state index in [1.807, 2.05) is 24.3 Å². The van der Waals surface area contributed by atoms with Crippen molar-refractivity contribution in [3.63, 3.8) is 0 Å². The Morgan fingerprint density at radius 2 is 2.00 bits per heavy atom. The van der Waals surface area contributed by atoms with Crippen LogP contribution in [0.2, 0.25) is 0 Å². The largest absolute Gasteiger partial charge is 0.497 e. The van der Waals surface area contributed by atoms with Crippen LogP contribution in [0.25, 0.3) is 17.2 Å². The minimum absolute atomic E-state index is 0.190. The lowest BCUT2D eigenvalue weighted by atomic mass is 10.2. The maximum atomic E-state index is 12.4. The SMILES string of the molecule is COc1ccc(-c2nc3[nH]c(CN4CCOCC4)cc(=O)n3n2)cc1. The quantitative estimate of drug-likeness (QED) is 0.760. The van der Waals surface area contributed by atoms with Crippen LogP contribution in [0.4, 0.5) is 0 Å². The first kappa shape index (κ1) is 15.8. The summed E-state index contributed by atoms with van der Waals surface area (Å²) >= 11 is 0. The molecule has 1 N–H and O–H groups in total. The van der Waals surface area contributed by atoms with Crippen molar-refractivity contribution in [2.75, 3.05) is 33.4 Å². The highest BCUT2D eigenvalue weighted by atomic mass is 16.5. The number of hydrogen-bond donors (Lipinski definition) is 1. The van der Waals surface area contributed by atoms with E-state index in [2.05, 4.69) is 20.0 Å². The zero-order chi connectivity index (χ0) is 17.2. The van der Waals surface area contributed by atoms with Crippen LogP contribution in [0.3, 0.4) is 0 Å². The molecular weight excluding hydrogens is 322 g/mol. The first-order chi connectivity index (χ1) is 12.2. The van der Waals surface area contributed by atoms with Crippen LogP contribution < -0.4 is 10.3 Å². The number of H-pyrrole nitrogens is 1. The highest BCUT2D eigenvalue weighted by molar-refractivity contribution is 5.58. The predicted octanol–water partition coefficient (Wildman–Crippen LogP) is 0.925. The number of aromatic nitrogens is 4. The van der Waals surface area contributed by atoms with Gasteiger partial charge in [-0.25, -0.2) is 0 Å². The van der Waals surface area contributed by atoms with Gasteiger partial charge in [0, 0.05) is 37.0 Å². The highest BCUT2D eigenvalue weighted by Crippen LogP contribution is 2.19. The second kappa shape index (κ2) is 6.66. The van der Waals surface area contributed by atoms with E-state index in [0.717, 1.165) is 43.3 Å². The van der Waals surface area contributed by atoms with Gasteiger partial charge in [-0.15, -0.1) is 5.10 Å². The Hall–Kier alpha value is -2.71. The van der Waals surface area contributed by atoms with Crippen molar-refractivity contribution in [3.8, 4) is 17.1 Å². The number of aromatic amines is 1. The normalized spacial score (nSPS) is 15.6. The molecule has 1 aromatic carbocycles. The Morgan fingerprint density at radius 1 is 1.24 bits per heavy atom. The molecule has 1 aliphatic rings. The van der Waals surface area contributed by atoms with Crippen molar-refractivity contribution < 1.29 is 9.47 Å². The zero-order valence-electron chi connectivity index (χ0n) is 13.9. The number of rotatable bonds is 4. The first-order valence-corrected chi connectivity index (χ1v) is 8.16. The van der Waals surface area contributed by atoms with Crippen LogP contribution in [0.15, 0.2) is 35.1 Å². The van der Waals surface area contributed by atoms with E-state index >= 15 is 0 Å². The molecule has 25 heavy (non-hydrogen) atoms. The Labute approximate surface area is 144 Å². The Kier molecular flexibility index (Phi) is 4.21. The maximum absolute atomic E-state index is 12.4. The van der Waals surface area contributed by atoms with Crippen molar-refractivity contribution in [2.24, 2.45) is 0 Å². The summed E-state index contributed by atoms with van der Waals surface area (Å²) < 4.78 is 11.8. The predicted molar refractivity (Wildman–Crippen MR) is 91.7 cm³/mol. The molecule has 0 saturated carbocycles. The smallest absolute Gasteiger partial charge is 0.275 e. The second-order valence-corrected chi connectivity index (χ2v) is 5.92. The third-order valence-corrected chi connectivity index (χ3v) is 4.23. The topological polar surface area (TPSA) is 84.7 Å². The van der Waals surface area contributed by atoms with Crippen molar-refractivity contribution in [3.05, 3.63) is 46.4 Å². The number of hydrogen-bond acceptors (Lipinski definition) is 6. The van der Waals surface area contributed by atoms with Crippen LogP contribution in [0.1, 0.15) is 5.69 Å². The van der Waals surface area contributed by atoms with Crippen LogP contribution in [-0.4, -0.2) is 57.9 Å². The summed E-state index contributed by atoms with van der Waals surface area (Å²) in [6, 6.07) is 8.99. The van der Waals surface area contributed by atoms with Gasteiger partial charge in [0.15, 0.2) is 5.82 Å². The van der Waals surface area contributed by atoms with E-state index in [0.29, 0.717) is 18.1 Å². The molecule has 1 aliphatic heterocycles. The Balaban J connectivity index is 1.65. The molecule has 3 heterocycles. The van der Waals surface area contributed by atoms with Crippen LogP contribution in [-0.2, 0) is 11.3 Å². The minimum atomic E-state index is -0.190. The second-order valence-electron chi connectivity index (χ2n) is 5.92. The minimum Gasteiger partial charge on any atom is -0.497 e. The van der Waals surface area contributed by atoms with E-state index in [1.54, 1.807) is 13.2 Å². The number of morpholine rings is 1. The summed E-state index contributed by atoms with van der Waals surface area (Å²) in [5.41, 5.74) is 1.46. The fraction of sp³-hybridized carbons (Fsp3) is 0.353. The molecule has 0 atom stereocenters. The summed E-state index contributed by atoms with van der Waals surface area (Å²) in [7, 11) is 1.62. The van der Waals surface area contributed by atoms with Gasteiger partial charge < -0.3 is 14.5 Å². The van der Waals surface area contributed by atoms with Crippen molar-refractivity contribution in [1.82, 2.24) is 24.5 Å². The summed E-state index contributed by atoms with van der Waals surface area (Å²) in [6.07, 6.45) is 0. The molecule has 0 bridgehead atoms. The molecular formula is C17H19N5O3. The van der Waals surface area contributed by atoms with E-state index in [9.17, 15) is 4.79 Å². The number of methoxy groups -OCH3 is 1. The van der Waals surface area contributed by atoms with Crippen molar-refractivity contribution >= 4 is 5.78 Å². The van der Waals surface area contributed by atoms with Gasteiger partial charge in [-0.1, -0.05) is 0 Å². The standard InChI is InChI=1S/C17H19N5O3/c1-24-14-4-2-12(3-5-14)16-19-17-18-13(10-15(23)22(17)20-16)11-21-6-8-25-9-7-21/h2-5,10H,6-9,11H2,1H3,(H,18,19,20). The monoisotopic (exact) mass is 341 g/mol. The molecule has 8 heteroatoms. The number of benzene rings is 1. The Bertz CT molecular complexity index is 926. The van der Waals surface area contributed by atoms with Crippen LogP contribution >= 0.6 is 0 Å². The van der Waals surface area contributed by atoms with Crippen LogP contribution in [0.5, 0.6) is 5.75 Å². The molecule has 0 amide bonds. The van der Waals surface area contributed by atoms with E-state index < -0.39 is 0 Å². The molecule has 2 aromatic heterocycles. The van der Waals surface area contributed by atoms with Gasteiger partial charge in [-0.05, 0) is 24.3 Å². The molecule has 0 spiro atoms. The van der Waals surface area contributed by atoms with E-state index in [-0.39, 0.29) is 5.56 Å². The summed E-state index contributed by atoms with van der Waals surface area (Å²) in [5, 5.41) is 4.31. The highest BCUT2D eigenvalue weighted by Gasteiger charge is 2.14. The van der Waals surface area contributed by atoms with Crippen molar-refractivity contribution in [1.29, 1.82) is 0 Å². The van der Waals surface area contributed by atoms with E-state index in [1.165, 1.54) is 4.52 Å². The molecule has 0 unspecified atom stereocenters. The van der Waals surface area contributed by atoms with Gasteiger partial charge in [-0.2, -0.15) is 9.50 Å². The number of nitrogens with one attached hydrogen (secondary N) is 1. The van der Waals surface area contributed by atoms with Gasteiger partial charge in [0.1, 0.15) is 5.75 Å². The third kappa shape index (κ3) is 3.26. The average molecular weight is 341 g/mol. The summed E-state index contributed by atoms with van der Waals surface area (Å²) in [4.78, 5) is 22.3. The summed E-state index contributed by atoms with van der Waals surface area (Å²) in [6.45, 7) is 3.83. The van der Waals surface area contributed by atoms with E-state index in [4.69, 9.17) is 9.47 Å². The molecule has 1 saturated heterocycles. The first-order valence-electron chi connectivity index (χ1n) is 8.16. The Morgan fingerprint density at radius 3 is 2.72 bits per heavy atom. The van der Waals surface area contributed by atoms with Crippen LogP contribution in [0, 0.1) is 0 Å². The number of ether oxygens (including phenoxy) is 2. The van der Waals surface area contributed by atoms with Gasteiger partial charge >= 0.3 is 0 Å². The number of fused-ring (bicyclic) bond motifs is 1. The lowest BCUT2D eigenvalue weighted by Gasteiger charge is -2.26.